The van der Waals surface area contributed by atoms with E-state index in [0.29, 0.717) is 11.6 Å². The average Bonchev–Trinajstić information content (AvgIpc) is 2.83. The van der Waals surface area contributed by atoms with Gasteiger partial charge in [0.1, 0.15) is 12.3 Å². The van der Waals surface area contributed by atoms with Gasteiger partial charge in [-0.1, -0.05) is 59.6 Å². The highest BCUT2D eigenvalue weighted by molar-refractivity contribution is 6.37. The quantitative estimate of drug-likeness (QED) is 0.148. The first kappa shape index (κ1) is 25.3. The highest BCUT2D eigenvalue weighted by Crippen LogP contribution is 2.36. The molecule has 4 aromatic rings. The van der Waals surface area contributed by atoms with E-state index in [4.69, 9.17) is 27.9 Å². The van der Waals surface area contributed by atoms with Crippen LogP contribution in [0.1, 0.15) is 16.7 Å². The zero-order valence-electron chi connectivity index (χ0n) is 18.2. The number of fused-ring (bicyclic) bond motifs is 1. The third kappa shape index (κ3) is 5.87. The van der Waals surface area contributed by atoms with Gasteiger partial charge < -0.3 is 4.74 Å². The normalized spacial score (nSPS) is 11.7. The lowest BCUT2D eigenvalue weighted by atomic mass is 10.1. The van der Waals surface area contributed by atoms with Crippen LogP contribution in [0.3, 0.4) is 0 Å². The molecule has 4 rings (SSSR count). The monoisotopic (exact) mass is 533 g/mol. The minimum Gasteiger partial charge on any atom is -0.486 e. The van der Waals surface area contributed by atoms with Gasteiger partial charge in [-0.3, -0.25) is 15.5 Å². The summed E-state index contributed by atoms with van der Waals surface area (Å²) in [6.45, 7) is 0.233. The number of nitro benzene ring substituents is 1. The molecule has 0 heterocycles. The smallest absolute Gasteiger partial charge is 0.416 e. The first-order valence-electron chi connectivity index (χ1n) is 10.4. The van der Waals surface area contributed by atoms with Crippen LogP contribution in [-0.2, 0) is 12.8 Å². The molecule has 0 aliphatic heterocycles. The Labute approximate surface area is 213 Å². The van der Waals surface area contributed by atoms with Crippen LogP contribution in [0.4, 0.5) is 24.5 Å². The molecule has 6 nitrogen and oxygen atoms in total. The summed E-state index contributed by atoms with van der Waals surface area (Å²) in [5.41, 5.74) is 1.62. The second-order valence-corrected chi connectivity index (χ2v) is 8.46. The van der Waals surface area contributed by atoms with Crippen molar-refractivity contribution in [1.82, 2.24) is 0 Å². The number of ether oxygens (including phenoxy) is 1. The van der Waals surface area contributed by atoms with Crippen molar-refractivity contribution in [2.75, 3.05) is 5.43 Å². The van der Waals surface area contributed by atoms with E-state index in [1.807, 2.05) is 42.5 Å². The van der Waals surface area contributed by atoms with Gasteiger partial charge in [-0.25, -0.2) is 0 Å². The molecule has 0 spiro atoms. The lowest BCUT2D eigenvalue weighted by molar-refractivity contribution is -0.384. The molecule has 0 radical (unpaired) electrons. The second kappa shape index (κ2) is 10.4. The molecule has 11 heteroatoms. The third-order valence-electron chi connectivity index (χ3n) is 5.14. The molecule has 4 aromatic carbocycles. The number of alkyl halides is 3. The SMILES string of the molecule is O=[N+]([O-])c1cc(C(F)(F)F)ccc1N/N=C\c1cc(Cl)c(OCc2ccc3ccccc3c2)c(Cl)c1. The van der Waals surface area contributed by atoms with Crippen LogP contribution in [0.5, 0.6) is 5.75 Å². The van der Waals surface area contributed by atoms with Crippen molar-refractivity contribution in [3.63, 3.8) is 0 Å². The van der Waals surface area contributed by atoms with Crippen LogP contribution in [0, 0.1) is 10.1 Å². The van der Waals surface area contributed by atoms with Gasteiger partial charge in [0.2, 0.25) is 0 Å². The predicted molar refractivity (Wildman–Crippen MR) is 134 cm³/mol. The number of benzene rings is 4. The highest BCUT2D eigenvalue weighted by atomic mass is 35.5. The van der Waals surface area contributed by atoms with E-state index in [0.717, 1.165) is 28.5 Å². The predicted octanol–water partition coefficient (Wildman–Crippen LogP) is 8.10. The molecule has 0 atom stereocenters. The van der Waals surface area contributed by atoms with Crippen LogP contribution < -0.4 is 10.2 Å². The van der Waals surface area contributed by atoms with E-state index in [1.165, 1.54) is 18.3 Å². The van der Waals surface area contributed by atoms with E-state index in [1.54, 1.807) is 0 Å². The molecular formula is C25H16Cl2F3N3O3. The van der Waals surface area contributed by atoms with Crippen molar-refractivity contribution in [2.45, 2.75) is 12.8 Å². The van der Waals surface area contributed by atoms with Crippen LogP contribution in [0.25, 0.3) is 10.8 Å². The van der Waals surface area contributed by atoms with Gasteiger partial charge in [-0.05, 0) is 52.2 Å². The minimum atomic E-state index is -4.71. The number of nitrogens with one attached hydrogen (secondary N) is 1. The van der Waals surface area contributed by atoms with Crippen molar-refractivity contribution in [2.24, 2.45) is 5.10 Å². The van der Waals surface area contributed by atoms with Gasteiger partial charge in [0.05, 0.1) is 26.7 Å². The summed E-state index contributed by atoms with van der Waals surface area (Å²) in [6, 6.07) is 19.0. The van der Waals surface area contributed by atoms with Crippen LogP contribution in [-0.4, -0.2) is 11.1 Å². The lowest BCUT2D eigenvalue weighted by Crippen LogP contribution is -2.06. The van der Waals surface area contributed by atoms with E-state index < -0.39 is 22.4 Å². The molecule has 36 heavy (non-hydrogen) atoms. The molecule has 1 N–H and O–H groups in total. The fourth-order valence-corrected chi connectivity index (χ4v) is 4.02. The average molecular weight is 534 g/mol. The van der Waals surface area contributed by atoms with Gasteiger partial charge in [0, 0.05) is 6.07 Å². The molecule has 0 aromatic heterocycles. The minimum absolute atomic E-state index is 0.211. The molecule has 0 fully saturated rings. The Morgan fingerprint density at radius 1 is 0.972 bits per heavy atom. The summed E-state index contributed by atoms with van der Waals surface area (Å²) in [7, 11) is 0. The Balaban J connectivity index is 1.46. The zero-order chi connectivity index (χ0) is 25.9. The summed E-state index contributed by atoms with van der Waals surface area (Å²) >= 11 is 12.7. The summed E-state index contributed by atoms with van der Waals surface area (Å²) in [6.07, 6.45) is -3.44. The Bertz CT molecular complexity index is 1450. The molecule has 0 aliphatic rings. The Morgan fingerprint density at radius 3 is 2.33 bits per heavy atom. The van der Waals surface area contributed by atoms with E-state index in [9.17, 15) is 23.3 Å². The maximum Gasteiger partial charge on any atom is 0.416 e. The Morgan fingerprint density at radius 2 is 1.67 bits per heavy atom. The molecule has 184 valence electrons. The lowest BCUT2D eigenvalue weighted by Gasteiger charge is -2.11. The van der Waals surface area contributed by atoms with E-state index >= 15 is 0 Å². The first-order valence-corrected chi connectivity index (χ1v) is 11.1. The topological polar surface area (TPSA) is 76.8 Å². The molecule has 0 aliphatic carbocycles. The summed E-state index contributed by atoms with van der Waals surface area (Å²) in [5, 5.41) is 17.7. The van der Waals surface area contributed by atoms with Crippen LogP contribution >= 0.6 is 23.2 Å². The number of nitrogens with zero attached hydrogens (tertiary/aromatic N) is 2. The number of hydrazone groups is 1. The maximum absolute atomic E-state index is 12.9. The molecule has 0 saturated carbocycles. The zero-order valence-corrected chi connectivity index (χ0v) is 19.7. The fraction of sp³-hybridized carbons (Fsp3) is 0.0800. The summed E-state index contributed by atoms with van der Waals surface area (Å²) < 4.78 is 44.4. The highest BCUT2D eigenvalue weighted by Gasteiger charge is 2.33. The number of rotatable bonds is 7. The van der Waals surface area contributed by atoms with Crippen molar-refractivity contribution >= 4 is 51.6 Å². The molecule has 0 amide bonds. The van der Waals surface area contributed by atoms with Gasteiger partial charge >= 0.3 is 6.18 Å². The van der Waals surface area contributed by atoms with Crippen LogP contribution in [0.15, 0.2) is 77.9 Å². The van der Waals surface area contributed by atoms with Crippen molar-refractivity contribution in [3.05, 3.63) is 110 Å². The van der Waals surface area contributed by atoms with E-state index in [2.05, 4.69) is 10.5 Å². The van der Waals surface area contributed by atoms with E-state index in [-0.39, 0.29) is 28.1 Å². The van der Waals surface area contributed by atoms with Gasteiger partial charge in [-0.2, -0.15) is 18.3 Å². The molecule has 0 saturated heterocycles. The standard InChI is InChI=1S/C25H16Cl2F3N3O3/c26-20-10-16(13-31-32-22-8-7-19(25(28,29)30)12-23(22)33(34)35)11-21(27)24(20)36-14-15-5-6-17-3-1-2-4-18(17)9-15/h1-13,32H,14H2/b31-13-. The Kier molecular flexibility index (Phi) is 7.32. The van der Waals surface area contributed by atoms with Crippen molar-refractivity contribution in [1.29, 1.82) is 0 Å². The summed E-state index contributed by atoms with van der Waals surface area (Å²) in [5.74, 6) is 0.273. The van der Waals surface area contributed by atoms with Crippen LogP contribution in [0.2, 0.25) is 10.0 Å². The number of anilines is 1. The van der Waals surface area contributed by atoms with Crippen molar-refractivity contribution < 1.29 is 22.8 Å². The Hall–Kier alpha value is -3.82. The molecule has 0 unspecified atom stereocenters. The second-order valence-electron chi connectivity index (χ2n) is 7.64. The van der Waals surface area contributed by atoms with Gasteiger partial charge in [-0.15, -0.1) is 0 Å². The largest absolute Gasteiger partial charge is 0.486 e. The fourth-order valence-electron chi connectivity index (χ4n) is 3.41. The third-order valence-corrected chi connectivity index (χ3v) is 5.70. The number of hydrogen-bond donors (Lipinski definition) is 1. The number of hydrogen-bond acceptors (Lipinski definition) is 5. The maximum atomic E-state index is 12.9. The first-order chi connectivity index (χ1) is 17.1. The number of nitro groups is 1. The van der Waals surface area contributed by atoms with Gasteiger partial charge in [0.25, 0.3) is 5.69 Å². The molecule has 0 bridgehead atoms. The summed E-state index contributed by atoms with van der Waals surface area (Å²) in [4.78, 5) is 10.3. The number of halogens is 5. The van der Waals surface area contributed by atoms with Crippen molar-refractivity contribution in [3.8, 4) is 5.75 Å². The molecular weight excluding hydrogens is 518 g/mol. The van der Waals surface area contributed by atoms with Gasteiger partial charge in [0.15, 0.2) is 5.75 Å².